The van der Waals surface area contributed by atoms with E-state index in [-0.39, 0.29) is 10.8 Å². The first-order chi connectivity index (χ1) is 8.43. The Morgan fingerprint density at radius 3 is 2.33 bits per heavy atom. The SMILES string of the molecule is COc1cc(N2CCCC2)c(Cl)c(C(F)(F)F)c1. The van der Waals surface area contributed by atoms with Crippen LogP contribution in [0.5, 0.6) is 5.75 Å². The lowest BCUT2D eigenvalue weighted by molar-refractivity contribution is -0.137. The number of rotatable bonds is 2. The van der Waals surface area contributed by atoms with Gasteiger partial charge in [-0.1, -0.05) is 11.6 Å². The van der Waals surface area contributed by atoms with Crippen molar-refractivity contribution in [2.24, 2.45) is 0 Å². The lowest BCUT2D eigenvalue weighted by Crippen LogP contribution is -2.19. The maximum Gasteiger partial charge on any atom is 0.418 e. The zero-order chi connectivity index (χ0) is 13.3. The van der Waals surface area contributed by atoms with Crippen LogP contribution in [0, 0.1) is 0 Å². The van der Waals surface area contributed by atoms with Gasteiger partial charge in [-0.3, -0.25) is 0 Å². The summed E-state index contributed by atoms with van der Waals surface area (Å²) in [5, 5.41) is -0.245. The van der Waals surface area contributed by atoms with E-state index in [0.717, 1.165) is 32.0 Å². The minimum absolute atomic E-state index is 0.175. The highest BCUT2D eigenvalue weighted by molar-refractivity contribution is 6.34. The normalized spacial score (nSPS) is 16.2. The first-order valence-electron chi connectivity index (χ1n) is 5.63. The molecular weight excluding hydrogens is 267 g/mol. The van der Waals surface area contributed by atoms with Crippen molar-refractivity contribution in [1.29, 1.82) is 0 Å². The Morgan fingerprint density at radius 2 is 1.83 bits per heavy atom. The van der Waals surface area contributed by atoms with Gasteiger partial charge in [-0.05, 0) is 18.9 Å². The predicted molar refractivity (Wildman–Crippen MR) is 64.5 cm³/mol. The van der Waals surface area contributed by atoms with Crippen LogP contribution in [0.2, 0.25) is 5.02 Å². The molecule has 0 bridgehead atoms. The number of nitrogens with zero attached hydrogens (tertiary/aromatic N) is 1. The molecule has 0 unspecified atom stereocenters. The molecule has 0 N–H and O–H groups in total. The average Bonchev–Trinajstić information content (AvgIpc) is 2.81. The number of benzene rings is 1. The van der Waals surface area contributed by atoms with Crippen LogP contribution in [0.25, 0.3) is 0 Å². The molecule has 1 fully saturated rings. The molecule has 6 heteroatoms. The molecule has 0 saturated carbocycles. The highest BCUT2D eigenvalue weighted by Crippen LogP contribution is 2.43. The standard InChI is InChI=1S/C12H13ClF3NO/c1-18-8-6-9(12(14,15)16)11(13)10(7-8)17-4-2-3-5-17/h6-7H,2-5H2,1H3. The van der Waals surface area contributed by atoms with E-state index in [4.69, 9.17) is 16.3 Å². The highest BCUT2D eigenvalue weighted by atomic mass is 35.5. The van der Waals surface area contributed by atoms with Crippen LogP contribution in [0.4, 0.5) is 18.9 Å². The minimum Gasteiger partial charge on any atom is -0.497 e. The topological polar surface area (TPSA) is 12.5 Å². The summed E-state index contributed by atoms with van der Waals surface area (Å²) in [6, 6.07) is 2.49. The molecule has 0 atom stereocenters. The second-order valence-electron chi connectivity index (χ2n) is 4.20. The quantitative estimate of drug-likeness (QED) is 0.812. The summed E-state index contributed by atoms with van der Waals surface area (Å²) in [6.45, 7) is 1.45. The zero-order valence-electron chi connectivity index (χ0n) is 9.85. The van der Waals surface area contributed by atoms with Gasteiger partial charge in [0.1, 0.15) is 5.75 Å². The lowest BCUT2D eigenvalue weighted by Gasteiger charge is -2.22. The molecule has 0 radical (unpaired) electrons. The van der Waals surface area contributed by atoms with Gasteiger partial charge in [0.05, 0.1) is 23.4 Å². The average molecular weight is 280 g/mol. The largest absolute Gasteiger partial charge is 0.497 e. The number of hydrogen-bond acceptors (Lipinski definition) is 2. The van der Waals surface area contributed by atoms with Gasteiger partial charge in [0.2, 0.25) is 0 Å². The summed E-state index contributed by atoms with van der Waals surface area (Å²) in [5.41, 5.74) is -0.439. The summed E-state index contributed by atoms with van der Waals surface area (Å²) >= 11 is 5.89. The van der Waals surface area contributed by atoms with Gasteiger partial charge in [-0.25, -0.2) is 0 Å². The number of methoxy groups -OCH3 is 1. The molecule has 1 aromatic rings. The van der Waals surface area contributed by atoms with E-state index in [2.05, 4.69) is 0 Å². The van der Waals surface area contributed by atoms with Gasteiger partial charge >= 0.3 is 6.18 Å². The minimum atomic E-state index is -4.47. The molecule has 1 saturated heterocycles. The van der Waals surface area contributed by atoms with Gasteiger partial charge in [0, 0.05) is 19.2 Å². The lowest BCUT2D eigenvalue weighted by atomic mass is 10.1. The third-order valence-electron chi connectivity index (χ3n) is 3.01. The third-order valence-corrected chi connectivity index (χ3v) is 3.41. The van der Waals surface area contributed by atoms with Crippen LogP contribution in [0.3, 0.4) is 0 Å². The Balaban J connectivity index is 2.51. The molecule has 100 valence electrons. The van der Waals surface area contributed by atoms with E-state index in [1.54, 1.807) is 6.07 Å². The van der Waals surface area contributed by atoms with Crippen molar-refractivity contribution >= 4 is 17.3 Å². The van der Waals surface area contributed by atoms with Crippen LogP contribution in [0.1, 0.15) is 18.4 Å². The van der Waals surface area contributed by atoms with E-state index < -0.39 is 11.7 Å². The van der Waals surface area contributed by atoms with Crippen LogP contribution in [-0.4, -0.2) is 20.2 Å². The fourth-order valence-electron chi connectivity index (χ4n) is 2.10. The van der Waals surface area contributed by atoms with Gasteiger partial charge < -0.3 is 9.64 Å². The fourth-order valence-corrected chi connectivity index (χ4v) is 2.43. The smallest absolute Gasteiger partial charge is 0.418 e. The fraction of sp³-hybridized carbons (Fsp3) is 0.500. The molecule has 2 nitrogen and oxygen atoms in total. The molecule has 2 rings (SSSR count). The van der Waals surface area contributed by atoms with Crippen LogP contribution in [-0.2, 0) is 6.18 Å². The van der Waals surface area contributed by atoms with Crippen LogP contribution in [0.15, 0.2) is 12.1 Å². The zero-order valence-corrected chi connectivity index (χ0v) is 10.6. The highest BCUT2D eigenvalue weighted by Gasteiger charge is 2.36. The monoisotopic (exact) mass is 279 g/mol. The first kappa shape index (κ1) is 13.3. The summed E-state index contributed by atoms with van der Waals surface area (Å²) in [7, 11) is 1.34. The molecular formula is C12H13ClF3NO. The Labute approximate surface area is 108 Å². The van der Waals surface area contributed by atoms with Crippen molar-refractivity contribution in [1.82, 2.24) is 0 Å². The molecule has 0 amide bonds. The second-order valence-corrected chi connectivity index (χ2v) is 4.58. The number of anilines is 1. The Hall–Kier alpha value is -1.10. The van der Waals surface area contributed by atoms with Crippen molar-refractivity contribution in [3.05, 3.63) is 22.7 Å². The van der Waals surface area contributed by atoms with Gasteiger partial charge in [-0.2, -0.15) is 13.2 Å². The second kappa shape index (κ2) is 4.88. The number of hydrogen-bond donors (Lipinski definition) is 0. The molecule has 18 heavy (non-hydrogen) atoms. The maximum absolute atomic E-state index is 12.9. The third kappa shape index (κ3) is 2.51. The molecule has 1 heterocycles. The molecule has 0 aliphatic carbocycles. The van der Waals surface area contributed by atoms with Crippen molar-refractivity contribution < 1.29 is 17.9 Å². The molecule has 0 aromatic heterocycles. The first-order valence-corrected chi connectivity index (χ1v) is 6.01. The Morgan fingerprint density at radius 1 is 1.22 bits per heavy atom. The van der Waals surface area contributed by atoms with E-state index in [9.17, 15) is 13.2 Å². The van der Waals surface area contributed by atoms with E-state index in [0.29, 0.717) is 5.69 Å². The van der Waals surface area contributed by atoms with Gasteiger partial charge in [0.25, 0.3) is 0 Å². The molecule has 1 aromatic carbocycles. The van der Waals surface area contributed by atoms with Crippen molar-refractivity contribution in [2.45, 2.75) is 19.0 Å². The van der Waals surface area contributed by atoms with E-state index in [1.807, 2.05) is 4.90 Å². The maximum atomic E-state index is 12.9. The number of halogens is 4. The van der Waals surface area contributed by atoms with Crippen molar-refractivity contribution in [3.63, 3.8) is 0 Å². The van der Waals surface area contributed by atoms with Crippen molar-refractivity contribution in [2.75, 3.05) is 25.1 Å². The molecule has 1 aliphatic heterocycles. The Kier molecular flexibility index (Phi) is 3.61. The van der Waals surface area contributed by atoms with Crippen LogP contribution >= 0.6 is 11.6 Å². The van der Waals surface area contributed by atoms with Crippen LogP contribution < -0.4 is 9.64 Å². The predicted octanol–water partition coefficient (Wildman–Crippen LogP) is 3.97. The van der Waals surface area contributed by atoms with Crippen molar-refractivity contribution in [3.8, 4) is 5.75 Å². The summed E-state index contributed by atoms with van der Waals surface area (Å²) < 4.78 is 43.5. The summed E-state index contributed by atoms with van der Waals surface area (Å²) in [4.78, 5) is 1.86. The number of alkyl halides is 3. The number of ether oxygens (including phenoxy) is 1. The van der Waals surface area contributed by atoms with Gasteiger partial charge in [-0.15, -0.1) is 0 Å². The summed E-state index contributed by atoms with van der Waals surface area (Å²) in [5.74, 6) is 0.175. The Bertz CT molecular complexity index is 442. The molecule has 1 aliphatic rings. The van der Waals surface area contributed by atoms with E-state index >= 15 is 0 Å². The summed E-state index contributed by atoms with van der Waals surface area (Å²) in [6.07, 6.45) is -2.54. The van der Waals surface area contributed by atoms with E-state index in [1.165, 1.54) is 7.11 Å². The van der Waals surface area contributed by atoms with Gasteiger partial charge in [0.15, 0.2) is 0 Å². The molecule has 0 spiro atoms.